The van der Waals surface area contributed by atoms with Crippen LogP contribution < -0.4 is 14.8 Å². The number of hydrogen-bond acceptors (Lipinski definition) is 4. The number of fused-ring (bicyclic) bond motifs is 3. The molecule has 0 aliphatic rings. The molecule has 196 valence electrons. The standard InChI is InChI=1S/C31H25Cl2N3O2S/c1-17-11-27-28(12-18(17)2)36-30(37)29(39-31(36)34-27)14-22-13-19(3)35(20(22)4)24-7-9-25(10-8-24)38-16-21-5-6-23(32)15-26(21)33/h5-15H,16H2,1-4H3/b29-14-. The van der Waals surface area contributed by atoms with Gasteiger partial charge >= 0.3 is 0 Å². The summed E-state index contributed by atoms with van der Waals surface area (Å²) in [5.41, 5.74) is 9.02. The third kappa shape index (κ3) is 4.63. The first-order chi connectivity index (χ1) is 18.7. The molecule has 3 aromatic carbocycles. The molecule has 8 heteroatoms. The first-order valence-electron chi connectivity index (χ1n) is 12.5. The van der Waals surface area contributed by atoms with Crippen LogP contribution in [0.3, 0.4) is 0 Å². The van der Waals surface area contributed by atoms with E-state index < -0.39 is 0 Å². The predicted molar refractivity (Wildman–Crippen MR) is 161 cm³/mol. The van der Waals surface area contributed by atoms with Crippen molar-refractivity contribution in [2.45, 2.75) is 34.3 Å². The highest BCUT2D eigenvalue weighted by atomic mass is 35.5. The van der Waals surface area contributed by atoms with E-state index in [1.165, 1.54) is 16.9 Å². The van der Waals surface area contributed by atoms with E-state index >= 15 is 0 Å². The molecule has 6 rings (SSSR count). The molecule has 6 aromatic rings. The molecule has 0 N–H and O–H groups in total. The molecule has 0 fully saturated rings. The van der Waals surface area contributed by atoms with E-state index in [0.717, 1.165) is 55.5 Å². The third-order valence-electron chi connectivity index (χ3n) is 7.12. The van der Waals surface area contributed by atoms with Crippen LogP contribution in [0.25, 0.3) is 27.8 Å². The summed E-state index contributed by atoms with van der Waals surface area (Å²) >= 11 is 13.7. The summed E-state index contributed by atoms with van der Waals surface area (Å²) in [6, 6.07) is 19.5. The Bertz CT molecular complexity index is 2000. The molecule has 0 aliphatic heterocycles. The molecule has 0 bridgehead atoms. The number of aryl methyl sites for hydroxylation is 3. The van der Waals surface area contributed by atoms with Gasteiger partial charge < -0.3 is 9.30 Å². The lowest BCUT2D eigenvalue weighted by Gasteiger charge is -2.12. The Hall–Kier alpha value is -3.58. The minimum atomic E-state index is -0.0344. The van der Waals surface area contributed by atoms with Crippen molar-refractivity contribution in [2.24, 2.45) is 0 Å². The van der Waals surface area contributed by atoms with Gasteiger partial charge in [0.2, 0.25) is 0 Å². The van der Waals surface area contributed by atoms with Crippen LogP contribution in [0, 0.1) is 27.7 Å². The van der Waals surface area contributed by atoms with Crippen molar-refractivity contribution in [3.63, 3.8) is 0 Å². The monoisotopic (exact) mass is 573 g/mol. The van der Waals surface area contributed by atoms with Crippen molar-refractivity contribution >= 4 is 56.6 Å². The lowest BCUT2D eigenvalue weighted by molar-refractivity contribution is 0.306. The van der Waals surface area contributed by atoms with E-state index in [9.17, 15) is 4.79 Å². The Labute approximate surface area is 239 Å². The van der Waals surface area contributed by atoms with E-state index in [0.29, 0.717) is 21.2 Å². The van der Waals surface area contributed by atoms with Crippen LogP contribution in [0.2, 0.25) is 10.0 Å². The number of halogens is 2. The quantitative estimate of drug-likeness (QED) is 0.216. The number of thiazole rings is 1. The van der Waals surface area contributed by atoms with Crippen molar-refractivity contribution in [1.29, 1.82) is 0 Å². The number of rotatable bonds is 5. The van der Waals surface area contributed by atoms with Gasteiger partial charge in [-0.3, -0.25) is 4.79 Å². The average Bonchev–Trinajstić information content (AvgIpc) is 3.49. The highest BCUT2D eigenvalue weighted by molar-refractivity contribution is 7.15. The summed E-state index contributed by atoms with van der Waals surface area (Å²) in [5.74, 6) is 0.745. The maximum absolute atomic E-state index is 13.4. The molecule has 39 heavy (non-hydrogen) atoms. The highest BCUT2D eigenvalue weighted by Crippen LogP contribution is 2.26. The van der Waals surface area contributed by atoms with Crippen molar-refractivity contribution < 1.29 is 4.74 Å². The minimum Gasteiger partial charge on any atom is -0.489 e. The van der Waals surface area contributed by atoms with E-state index in [2.05, 4.69) is 38.3 Å². The third-order valence-corrected chi connectivity index (χ3v) is 8.67. The van der Waals surface area contributed by atoms with Gasteiger partial charge in [0.05, 0.1) is 15.6 Å². The lowest BCUT2D eigenvalue weighted by Crippen LogP contribution is -2.22. The Morgan fingerprint density at radius 1 is 0.949 bits per heavy atom. The molecule has 0 radical (unpaired) electrons. The molecule has 0 unspecified atom stereocenters. The Kier molecular flexibility index (Phi) is 6.50. The molecule has 5 nitrogen and oxygen atoms in total. The maximum atomic E-state index is 13.4. The van der Waals surface area contributed by atoms with Crippen LogP contribution in [-0.2, 0) is 6.61 Å². The lowest BCUT2D eigenvalue weighted by atomic mass is 10.1. The topological polar surface area (TPSA) is 48.5 Å². The fourth-order valence-electron chi connectivity index (χ4n) is 4.88. The van der Waals surface area contributed by atoms with Crippen molar-refractivity contribution in [3.05, 3.63) is 119 Å². The fraction of sp³-hybridized carbons (Fsp3) is 0.161. The van der Waals surface area contributed by atoms with Gasteiger partial charge in [-0.25, -0.2) is 9.38 Å². The summed E-state index contributed by atoms with van der Waals surface area (Å²) in [4.78, 5) is 18.8. The molecule has 0 saturated heterocycles. The van der Waals surface area contributed by atoms with E-state index in [1.807, 2.05) is 48.5 Å². The first-order valence-corrected chi connectivity index (χ1v) is 14.1. The smallest absolute Gasteiger partial charge is 0.274 e. The van der Waals surface area contributed by atoms with Gasteiger partial charge in [-0.15, -0.1) is 0 Å². The molecule has 0 aliphatic carbocycles. The van der Waals surface area contributed by atoms with Gasteiger partial charge in [0.25, 0.3) is 5.56 Å². The SMILES string of the molecule is Cc1cc2nc3s/c(=C\c4cc(C)n(-c5ccc(OCc6ccc(Cl)cc6Cl)cc5)c4C)c(=O)n3c2cc1C. The highest BCUT2D eigenvalue weighted by Gasteiger charge is 2.14. The normalized spacial score (nSPS) is 12.2. The number of ether oxygens (including phenoxy) is 1. The van der Waals surface area contributed by atoms with Crippen molar-refractivity contribution in [3.8, 4) is 11.4 Å². The van der Waals surface area contributed by atoms with Crippen LogP contribution in [0.4, 0.5) is 0 Å². The van der Waals surface area contributed by atoms with E-state index in [4.69, 9.17) is 32.9 Å². The number of imidazole rings is 1. The second-order valence-corrected chi connectivity index (χ2v) is 11.6. The molecular weight excluding hydrogens is 549 g/mol. The molecule has 0 amide bonds. The molecular formula is C31H25Cl2N3O2S. The Morgan fingerprint density at radius 2 is 1.69 bits per heavy atom. The van der Waals surface area contributed by atoms with Crippen LogP contribution in [0.15, 0.2) is 65.5 Å². The number of hydrogen-bond donors (Lipinski definition) is 0. The Morgan fingerprint density at radius 3 is 2.44 bits per heavy atom. The van der Waals surface area contributed by atoms with E-state index in [-0.39, 0.29) is 5.56 Å². The summed E-state index contributed by atoms with van der Waals surface area (Å²) < 4.78 is 10.5. The van der Waals surface area contributed by atoms with Gasteiger partial charge in [0.15, 0.2) is 4.96 Å². The summed E-state index contributed by atoms with van der Waals surface area (Å²) in [7, 11) is 0. The van der Waals surface area contributed by atoms with Crippen molar-refractivity contribution in [1.82, 2.24) is 14.0 Å². The second-order valence-electron chi connectivity index (χ2n) is 9.75. The van der Waals surface area contributed by atoms with Gasteiger partial charge in [-0.05, 0) is 105 Å². The molecule has 3 heterocycles. The summed E-state index contributed by atoms with van der Waals surface area (Å²) in [5, 5.41) is 1.18. The van der Waals surface area contributed by atoms with Crippen LogP contribution >= 0.6 is 34.5 Å². The zero-order chi connectivity index (χ0) is 27.4. The summed E-state index contributed by atoms with van der Waals surface area (Å²) in [6.07, 6.45) is 1.97. The molecule has 0 atom stereocenters. The summed E-state index contributed by atoms with van der Waals surface area (Å²) in [6.45, 7) is 8.60. The van der Waals surface area contributed by atoms with Crippen LogP contribution in [0.1, 0.15) is 33.6 Å². The fourth-order valence-corrected chi connectivity index (χ4v) is 6.32. The zero-order valence-electron chi connectivity index (χ0n) is 21.9. The van der Waals surface area contributed by atoms with Gasteiger partial charge in [0.1, 0.15) is 12.4 Å². The van der Waals surface area contributed by atoms with Crippen LogP contribution in [0.5, 0.6) is 5.75 Å². The minimum absolute atomic E-state index is 0.0344. The van der Waals surface area contributed by atoms with Gasteiger partial charge in [0, 0.05) is 32.7 Å². The first kappa shape index (κ1) is 25.7. The average molecular weight is 575 g/mol. The number of benzene rings is 3. The largest absolute Gasteiger partial charge is 0.489 e. The van der Waals surface area contributed by atoms with Gasteiger partial charge in [-0.2, -0.15) is 0 Å². The molecule has 0 saturated carbocycles. The Balaban J connectivity index is 1.30. The number of nitrogens with zero attached hydrogens (tertiary/aromatic N) is 3. The van der Waals surface area contributed by atoms with E-state index in [1.54, 1.807) is 16.5 Å². The maximum Gasteiger partial charge on any atom is 0.274 e. The second kappa shape index (κ2) is 9.87. The molecule has 3 aromatic heterocycles. The van der Waals surface area contributed by atoms with Crippen molar-refractivity contribution in [2.75, 3.05) is 0 Å². The zero-order valence-corrected chi connectivity index (χ0v) is 24.2. The predicted octanol–water partition coefficient (Wildman–Crippen LogP) is 7.37. The van der Waals surface area contributed by atoms with Crippen LogP contribution in [-0.4, -0.2) is 14.0 Å². The number of aromatic nitrogens is 3. The molecule has 0 spiro atoms. The van der Waals surface area contributed by atoms with Gasteiger partial charge in [-0.1, -0.05) is 40.6 Å².